The summed E-state index contributed by atoms with van der Waals surface area (Å²) >= 11 is 0. The molecule has 0 bridgehead atoms. The summed E-state index contributed by atoms with van der Waals surface area (Å²) in [7, 11) is 0. The molecule has 0 aromatic heterocycles. The minimum atomic E-state index is -1.17. The zero-order chi connectivity index (χ0) is 20.0. The van der Waals surface area contributed by atoms with E-state index in [4.69, 9.17) is 9.47 Å². The summed E-state index contributed by atoms with van der Waals surface area (Å²) in [6, 6.07) is 10.1. The van der Waals surface area contributed by atoms with Crippen LogP contribution < -0.4 is 0 Å². The first-order chi connectivity index (χ1) is 13.1. The first-order valence-corrected chi connectivity index (χ1v) is 10.5. The molecule has 152 valence electrons. The van der Waals surface area contributed by atoms with Crippen LogP contribution in [0, 0.1) is 5.41 Å². The fourth-order valence-corrected chi connectivity index (χ4v) is 3.14. The molecule has 0 heterocycles. The Labute approximate surface area is 164 Å². The van der Waals surface area contributed by atoms with E-state index in [9.17, 15) is 9.59 Å². The van der Waals surface area contributed by atoms with Gasteiger partial charge in [0.15, 0.2) is 5.41 Å². The van der Waals surface area contributed by atoms with Crippen LogP contribution in [0.1, 0.15) is 77.7 Å². The third-order valence-corrected chi connectivity index (χ3v) is 5.16. The van der Waals surface area contributed by atoms with Crippen LogP contribution in [-0.4, -0.2) is 25.2 Å². The van der Waals surface area contributed by atoms with Gasteiger partial charge in [0.1, 0.15) is 0 Å². The molecule has 0 aliphatic rings. The lowest BCUT2D eigenvalue weighted by Gasteiger charge is -2.27. The van der Waals surface area contributed by atoms with E-state index >= 15 is 0 Å². The summed E-state index contributed by atoms with van der Waals surface area (Å²) in [5.41, 5.74) is 0.0455. The molecule has 0 N–H and O–H groups in total. The summed E-state index contributed by atoms with van der Waals surface area (Å²) in [4.78, 5) is 25.2. The van der Waals surface area contributed by atoms with Gasteiger partial charge in [0, 0.05) is 0 Å². The Balaban J connectivity index is 2.43. The zero-order valence-electron chi connectivity index (χ0n) is 17.3. The van der Waals surface area contributed by atoms with E-state index < -0.39 is 17.4 Å². The second-order valence-corrected chi connectivity index (χ2v) is 7.06. The molecule has 0 amide bonds. The van der Waals surface area contributed by atoms with Crippen molar-refractivity contribution in [3.05, 3.63) is 35.9 Å². The molecule has 1 aromatic rings. The quantitative estimate of drug-likeness (QED) is 0.245. The monoisotopic (exact) mass is 376 g/mol. The first-order valence-electron chi connectivity index (χ1n) is 10.5. The van der Waals surface area contributed by atoms with Gasteiger partial charge >= 0.3 is 11.9 Å². The third-order valence-electron chi connectivity index (χ3n) is 5.16. The normalized spacial score (nSPS) is 11.2. The van der Waals surface area contributed by atoms with Crippen LogP contribution in [0.3, 0.4) is 0 Å². The van der Waals surface area contributed by atoms with Crippen molar-refractivity contribution >= 4 is 11.9 Å². The molecule has 0 aliphatic carbocycles. The summed E-state index contributed by atoms with van der Waals surface area (Å²) < 4.78 is 10.9. The number of unbranched alkanes of at least 4 members (excludes halogenated alkanes) is 4. The smallest absolute Gasteiger partial charge is 0.323 e. The van der Waals surface area contributed by atoms with Crippen molar-refractivity contribution < 1.29 is 19.1 Å². The van der Waals surface area contributed by atoms with Gasteiger partial charge < -0.3 is 9.47 Å². The van der Waals surface area contributed by atoms with E-state index in [0.29, 0.717) is 26.1 Å². The lowest BCUT2D eigenvalue weighted by Crippen LogP contribution is -2.41. The van der Waals surface area contributed by atoms with Gasteiger partial charge in [-0.2, -0.15) is 0 Å². The van der Waals surface area contributed by atoms with Crippen molar-refractivity contribution in [2.45, 2.75) is 78.6 Å². The van der Waals surface area contributed by atoms with E-state index in [0.717, 1.165) is 32.1 Å². The number of hydrogen-bond acceptors (Lipinski definition) is 4. The molecule has 0 fully saturated rings. The van der Waals surface area contributed by atoms with E-state index in [1.165, 1.54) is 18.4 Å². The number of benzene rings is 1. The van der Waals surface area contributed by atoms with Crippen LogP contribution in [0.15, 0.2) is 30.3 Å². The SMILES string of the molecule is CCCCCCCOC(=O)C(CC)(CC)C(=O)OCCCc1ccccc1. The van der Waals surface area contributed by atoms with Crippen molar-refractivity contribution in [2.24, 2.45) is 5.41 Å². The number of carbonyl (C=O) groups is 2. The number of esters is 2. The van der Waals surface area contributed by atoms with Crippen LogP contribution in [0.25, 0.3) is 0 Å². The lowest BCUT2D eigenvalue weighted by molar-refractivity contribution is -0.173. The minimum absolute atomic E-state index is 0.319. The molecule has 4 heteroatoms. The first kappa shape index (κ1) is 23.2. The van der Waals surface area contributed by atoms with E-state index in [1.807, 2.05) is 32.0 Å². The van der Waals surface area contributed by atoms with Crippen LogP contribution in [0.5, 0.6) is 0 Å². The van der Waals surface area contributed by atoms with E-state index in [1.54, 1.807) is 0 Å². The second kappa shape index (κ2) is 13.3. The maximum atomic E-state index is 12.6. The van der Waals surface area contributed by atoms with Gasteiger partial charge in [-0.15, -0.1) is 0 Å². The van der Waals surface area contributed by atoms with Gasteiger partial charge in [-0.1, -0.05) is 76.8 Å². The van der Waals surface area contributed by atoms with Crippen LogP contribution in [0.4, 0.5) is 0 Å². The van der Waals surface area contributed by atoms with Crippen molar-refractivity contribution in [1.82, 2.24) is 0 Å². The van der Waals surface area contributed by atoms with Gasteiger partial charge in [0.05, 0.1) is 13.2 Å². The van der Waals surface area contributed by atoms with Gasteiger partial charge in [-0.05, 0) is 37.7 Å². The maximum Gasteiger partial charge on any atom is 0.323 e. The van der Waals surface area contributed by atoms with E-state index in [-0.39, 0.29) is 0 Å². The molecular weight excluding hydrogens is 340 g/mol. The molecular formula is C23H36O4. The molecule has 0 spiro atoms. The lowest BCUT2D eigenvalue weighted by atomic mass is 9.82. The van der Waals surface area contributed by atoms with Crippen molar-refractivity contribution in [1.29, 1.82) is 0 Å². The predicted octanol–water partition coefficient (Wildman–Crippen LogP) is 5.48. The Hall–Kier alpha value is -1.84. The number of hydrogen-bond donors (Lipinski definition) is 0. The summed E-state index contributed by atoms with van der Waals surface area (Å²) in [5, 5.41) is 0. The second-order valence-electron chi connectivity index (χ2n) is 7.06. The number of rotatable bonds is 14. The molecule has 27 heavy (non-hydrogen) atoms. The Morgan fingerprint density at radius 3 is 1.89 bits per heavy atom. The molecule has 0 aliphatic heterocycles. The van der Waals surface area contributed by atoms with Crippen LogP contribution >= 0.6 is 0 Å². The molecule has 1 aromatic carbocycles. The van der Waals surface area contributed by atoms with Gasteiger partial charge in [0.2, 0.25) is 0 Å². The molecule has 0 radical (unpaired) electrons. The third kappa shape index (κ3) is 7.74. The molecule has 0 atom stereocenters. The fourth-order valence-electron chi connectivity index (χ4n) is 3.14. The Morgan fingerprint density at radius 1 is 0.778 bits per heavy atom. The average Bonchev–Trinajstić information content (AvgIpc) is 2.70. The number of carbonyl (C=O) groups excluding carboxylic acids is 2. The highest BCUT2D eigenvalue weighted by Gasteiger charge is 2.45. The van der Waals surface area contributed by atoms with E-state index in [2.05, 4.69) is 19.1 Å². The molecule has 0 saturated carbocycles. The highest BCUT2D eigenvalue weighted by Crippen LogP contribution is 2.30. The number of ether oxygens (including phenoxy) is 2. The minimum Gasteiger partial charge on any atom is -0.465 e. The van der Waals surface area contributed by atoms with Crippen molar-refractivity contribution in [3.8, 4) is 0 Å². The predicted molar refractivity (Wildman–Crippen MR) is 108 cm³/mol. The van der Waals surface area contributed by atoms with Crippen molar-refractivity contribution in [3.63, 3.8) is 0 Å². The summed E-state index contributed by atoms with van der Waals surface area (Å²) in [6.45, 7) is 6.56. The van der Waals surface area contributed by atoms with Gasteiger partial charge in [0.25, 0.3) is 0 Å². The molecule has 0 saturated heterocycles. The van der Waals surface area contributed by atoms with Crippen molar-refractivity contribution in [2.75, 3.05) is 13.2 Å². The Kier molecular flexibility index (Phi) is 11.5. The zero-order valence-corrected chi connectivity index (χ0v) is 17.3. The Bertz CT molecular complexity index is 535. The fraction of sp³-hybridized carbons (Fsp3) is 0.652. The van der Waals surface area contributed by atoms with Crippen LogP contribution in [0.2, 0.25) is 0 Å². The molecule has 1 rings (SSSR count). The number of aryl methyl sites for hydroxylation is 1. The standard InChI is InChI=1S/C23H36O4/c1-4-7-8-9-13-18-26-21(24)23(5-2,6-3)22(25)27-19-14-17-20-15-11-10-12-16-20/h10-12,15-16H,4-9,13-14,17-19H2,1-3H3. The summed E-state index contributed by atoms with van der Waals surface area (Å²) in [6.07, 6.45) is 7.84. The van der Waals surface area contributed by atoms with Gasteiger partial charge in [-0.25, -0.2) is 0 Å². The maximum absolute atomic E-state index is 12.6. The highest BCUT2D eigenvalue weighted by atomic mass is 16.6. The summed E-state index contributed by atoms with van der Waals surface area (Å²) in [5.74, 6) is -0.882. The molecule has 4 nitrogen and oxygen atoms in total. The highest BCUT2D eigenvalue weighted by molar-refractivity contribution is 5.99. The molecule has 0 unspecified atom stereocenters. The largest absolute Gasteiger partial charge is 0.465 e. The topological polar surface area (TPSA) is 52.6 Å². The van der Waals surface area contributed by atoms with Crippen LogP contribution in [-0.2, 0) is 25.5 Å². The average molecular weight is 377 g/mol. The van der Waals surface area contributed by atoms with Gasteiger partial charge in [-0.3, -0.25) is 9.59 Å². The Morgan fingerprint density at radius 2 is 1.33 bits per heavy atom.